The summed E-state index contributed by atoms with van der Waals surface area (Å²) in [6, 6.07) is 8.45. The molecule has 1 heterocycles. The summed E-state index contributed by atoms with van der Waals surface area (Å²) in [5, 5.41) is 9.51. The summed E-state index contributed by atoms with van der Waals surface area (Å²) in [5.74, 6) is -0.886. The van der Waals surface area contributed by atoms with Crippen molar-refractivity contribution in [2.75, 3.05) is 6.61 Å². The number of unbranched alkanes of at least 4 members (excludes halogenated alkanes) is 5. The number of carboxylic acids is 1. The number of ether oxygens (including phenoxy) is 1. The zero-order valence-corrected chi connectivity index (χ0v) is 15.5. The average molecular weight is 344 g/mol. The van der Waals surface area contributed by atoms with Crippen LogP contribution in [0.15, 0.2) is 30.3 Å². The van der Waals surface area contributed by atoms with E-state index < -0.39 is 11.6 Å². The van der Waals surface area contributed by atoms with Gasteiger partial charge < -0.3 is 9.84 Å². The molecular formula is C22H32O3. The minimum atomic E-state index is -1.14. The summed E-state index contributed by atoms with van der Waals surface area (Å²) >= 11 is 0. The molecule has 1 N–H and O–H groups in total. The van der Waals surface area contributed by atoms with Crippen LogP contribution in [-0.4, -0.2) is 23.3 Å². The van der Waals surface area contributed by atoms with Crippen LogP contribution in [0.4, 0.5) is 0 Å². The number of carbonyl (C=O) groups is 1. The summed E-state index contributed by atoms with van der Waals surface area (Å²) in [5.41, 5.74) is 1.24. The predicted octanol–water partition coefficient (Wildman–Crippen LogP) is 5.63. The van der Waals surface area contributed by atoms with Crippen molar-refractivity contribution >= 4 is 12.0 Å². The van der Waals surface area contributed by atoms with E-state index in [0.717, 1.165) is 24.8 Å². The molecule has 1 aromatic rings. The summed E-state index contributed by atoms with van der Waals surface area (Å²) in [7, 11) is 0. The summed E-state index contributed by atoms with van der Waals surface area (Å²) in [4.78, 5) is 11.6. The van der Waals surface area contributed by atoms with Gasteiger partial charge in [0.1, 0.15) is 0 Å². The molecule has 1 aromatic carbocycles. The van der Waals surface area contributed by atoms with E-state index in [-0.39, 0.29) is 0 Å². The lowest BCUT2D eigenvalue weighted by Crippen LogP contribution is -2.42. The lowest BCUT2D eigenvalue weighted by atomic mass is 9.92. The first-order valence-electron chi connectivity index (χ1n) is 9.82. The highest BCUT2D eigenvalue weighted by molar-refractivity contribution is 5.81. The van der Waals surface area contributed by atoms with Gasteiger partial charge in [0.2, 0.25) is 0 Å². The van der Waals surface area contributed by atoms with Gasteiger partial charge in [-0.25, -0.2) is 4.79 Å². The Kier molecular flexibility index (Phi) is 8.20. The zero-order chi connectivity index (χ0) is 18.0. The second-order valence-electron chi connectivity index (χ2n) is 7.09. The van der Waals surface area contributed by atoms with Gasteiger partial charge in [-0.2, -0.15) is 0 Å². The van der Waals surface area contributed by atoms with Gasteiger partial charge in [0, 0.05) is 6.61 Å². The fraction of sp³-hybridized carbons (Fsp3) is 0.591. The third-order valence-electron chi connectivity index (χ3n) is 5.01. The molecule has 0 radical (unpaired) electrons. The Morgan fingerprint density at radius 2 is 1.84 bits per heavy atom. The van der Waals surface area contributed by atoms with Crippen LogP contribution in [-0.2, 0) is 16.0 Å². The van der Waals surface area contributed by atoms with Gasteiger partial charge in [-0.1, -0.05) is 69.4 Å². The van der Waals surface area contributed by atoms with E-state index in [1.807, 2.05) is 6.08 Å². The highest BCUT2D eigenvalue weighted by atomic mass is 16.5. The Labute approximate surface area is 152 Å². The monoisotopic (exact) mass is 344 g/mol. The van der Waals surface area contributed by atoms with Gasteiger partial charge in [0.25, 0.3) is 0 Å². The molecule has 1 atom stereocenters. The average Bonchev–Trinajstić information content (AvgIpc) is 2.64. The maximum absolute atomic E-state index is 11.6. The Morgan fingerprint density at radius 1 is 1.12 bits per heavy atom. The van der Waals surface area contributed by atoms with Crippen molar-refractivity contribution in [3.8, 4) is 0 Å². The summed E-state index contributed by atoms with van der Waals surface area (Å²) < 4.78 is 5.58. The summed E-state index contributed by atoms with van der Waals surface area (Å²) in [6.07, 6.45) is 15.0. The molecule has 0 saturated carbocycles. The van der Waals surface area contributed by atoms with Crippen LogP contribution in [0.1, 0.15) is 75.8 Å². The number of carboxylic acid groups (broad SMARTS) is 1. The van der Waals surface area contributed by atoms with Crippen LogP contribution in [0.5, 0.6) is 0 Å². The number of aryl methyl sites for hydroxylation is 1. The first-order valence-corrected chi connectivity index (χ1v) is 9.82. The molecule has 138 valence electrons. The normalized spacial score (nSPS) is 20.8. The quantitative estimate of drug-likeness (QED) is 0.560. The third-order valence-corrected chi connectivity index (χ3v) is 5.01. The number of benzene rings is 1. The second-order valence-corrected chi connectivity index (χ2v) is 7.09. The maximum atomic E-state index is 11.6. The summed E-state index contributed by atoms with van der Waals surface area (Å²) in [6.45, 7) is 2.77. The van der Waals surface area contributed by atoms with Crippen LogP contribution < -0.4 is 0 Å². The topological polar surface area (TPSA) is 46.5 Å². The smallest absolute Gasteiger partial charge is 0.340 e. The second kappa shape index (κ2) is 10.4. The predicted molar refractivity (Wildman–Crippen MR) is 103 cm³/mol. The van der Waals surface area contributed by atoms with Gasteiger partial charge in [0.15, 0.2) is 5.60 Å². The van der Waals surface area contributed by atoms with Crippen molar-refractivity contribution in [2.24, 2.45) is 0 Å². The van der Waals surface area contributed by atoms with Crippen LogP contribution in [0.3, 0.4) is 0 Å². The van der Waals surface area contributed by atoms with Crippen LogP contribution in [0.2, 0.25) is 0 Å². The molecule has 0 spiro atoms. The molecule has 0 amide bonds. The molecule has 1 saturated heterocycles. The van der Waals surface area contributed by atoms with Crippen LogP contribution >= 0.6 is 0 Å². The molecule has 3 heteroatoms. The molecule has 1 aliphatic heterocycles. The van der Waals surface area contributed by atoms with Crippen molar-refractivity contribution < 1.29 is 14.6 Å². The first-order chi connectivity index (χ1) is 12.2. The van der Waals surface area contributed by atoms with Gasteiger partial charge in [0.05, 0.1) is 0 Å². The SMILES string of the molecule is CCCCCCCCc1ccc(C=CC2(C(=O)O)CCCCO2)cc1. The van der Waals surface area contributed by atoms with Gasteiger partial charge in [-0.05, 0) is 49.3 Å². The molecule has 3 nitrogen and oxygen atoms in total. The molecule has 25 heavy (non-hydrogen) atoms. The number of aliphatic carboxylic acids is 1. The van der Waals surface area contributed by atoms with Crippen molar-refractivity contribution in [3.63, 3.8) is 0 Å². The highest BCUT2D eigenvalue weighted by Gasteiger charge is 2.38. The van der Waals surface area contributed by atoms with Crippen molar-refractivity contribution in [2.45, 2.75) is 76.7 Å². The van der Waals surface area contributed by atoms with E-state index in [1.165, 1.54) is 44.1 Å². The number of hydrogen-bond donors (Lipinski definition) is 1. The lowest BCUT2D eigenvalue weighted by Gasteiger charge is -2.30. The van der Waals surface area contributed by atoms with E-state index in [2.05, 4.69) is 31.2 Å². The molecule has 1 unspecified atom stereocenters. The van der Waals surface area contributed by atoms with Gasteiger partial charge in [-0.15, -0.1) is 0 Å². The largest absolute Gasteiger partial charge is 0.479 e. The number of rotatable bonds is 10. The molecule has 0 bridgehead atoms. The van der Waals surface area contributed by atoms with E-state index in [9.17, 15) is 9.90 Å². The Hall–Kier alpha value is -1.61. The molecular weight excluding hydrogens is 312 g/mol. The van der Waals surface area contributed by atoms with Crippen LogP contribution in [0.25, 0.3) is 6.08 Å². The lowest BCUT2D eigenvalue weighted by molar-refractivity contribution is -0.163. The fourth-order valence-electron chi connectivity index (χ4n) is 3.32. The Balaban J connectivity index is 1.83. The highest BCUT2D eigenvalue weighted by Crippen LogP contribution is 2.27. The first kappa shape index (κ1) is 19.7. The van der Waals surface area contributed by atoms with E-state index in [0.29, 0.717) is 13.0 Å². The molecule has 2 rings (SSSR count). The minimum absolute atomic E-state index is 0.522. The zero-order valence-electron chi connectivity index (χ0n) is 15.5. The van der Waals surface area contributed by atoms with E-state index in [1.54, 1.807) is 6.08 Å². The molecule has 1 aliphatic rings. The minimum Gasteiger partial charge on any atom is -0.479 e. The molecule has 1 fully saturated rings. The third kappa shape index (κ3) is 6.32. The van der Waals surface area contributed by atoms with Crippen molar-refractivity contribution in [3.05, 3.63) is 41.5 Å². The Morgan fingerprint density at radius 3 is 2.48 bits per heavy atom. The maximum Gasteiger partial charge on any atom is 0.340 e. The van der Waals surface area contributed by atoms with Crippen molar-refractivity contribution in [1.82, 2.24) is 0 Å². The van der Waals surface area contributed by atoms with Crippen LogP contribution in [0, 0.1) is 0 Å². The molecule has 0 aromatic heterocycles. The fourth-order valence-corrected chi connectivity index (χ4v) is 3.32. The van der Waals surface area contributed by atoms with E-state index in [4.69, 9.17) is 4.74 Å². The standard InChI is InChI=1S/C22H32O3/c1-2-3-4-5-6-7-10-19-11-13-20(14-12-19)15-17-22(21(23)24)16-8-9-18-25-22/h11-15,17H,2-10,16,18H2,1H3,(H,23,24). The van der Waals surface area contributed by atoms with Crippen molar-refractivity contribution in [1.29, 1.82) is 0 Å². The van der Waals surface area contributed by atoms with Gasteiger partial charge in [-0.3, -0.25) is 0 Å². The molecule has 0 aliphatic carbocycles. The van der Waals surface area contributed by atoms with E-state index >= 15 is 0 Å². The number of hydrogen-bond acceptors (Lipinski definition) is 2. The Bertz CT molecular complexity index is 539. The van der Waals surface area contributed by atoms with Gasteiger partial charge >= 0.3 is 5.97 Å².